The van der Waals surface area contributed by atoms with Crippen LogP contribution in [-0.4, -0.2) is 23.6 Å². The summed E-state index contributed by atoms with van der Waals surface area (Å²) in [4.78, 5) is 15.4. The summed E-state index contributed by atoms with van der Waals surface area (Å²) in [5.74, 6) is -2.84. The van der Waals surface area contributed by atoms with E-state index in [9.17, 15) is 26.7 Å². The second-order valence-electron chi connectivity index (χ2n) is 4.34. The normalized spacial score (nSPS) is 11.5. The zero-order valence-corrected chi connectivity index (χ0v) is 11.7. The van der Waals surface area contributed by atoms with E-state index >= 15 is 0 Å². The van der Waals surface area contributed by atoms with Crippen molar-refractivity contribution in [3.63, 3.8) is 0 Å². The molecule has 118 valence electrons. The fourth-order valence-electron chi connectivity index (χ4n) is 1.58. The van der Waals surface area contributed by atoms with Gasteiger partial charge in [-0.1, -0.05) is 0 Å². The van der Waals surface area contributed by atoms with Gasteiger partial charge in [0.05, 0.1) is 12.1 Å². The molecule has 0 aliphatic heterocycles. The number of benzene rings is 1. The van der Waals surface area contributed by atoms with Crippen molar-refractivity contribution in [1.82, 2.24) is 10.3 Å². The molecule has 0 saturated carbocycles. The zero-order valence-electron chi connectivity index (χ0n) is 10.9. The number of rotatable bonds is 4. The lowest BCUT2D eigenvalue weighted by molar-refractivity contribution is -0.138. The zero-order chi connectivity index (χ0) is 16.3. The monoisotopic (exact) mass is 336 g/mol. The molecule has 1 amide bonds. The molecule has 0 saturated heterocycles. The number of aromatic nitrogens is 1. The van der Waals surface area contributed by atoms with Crippen LogP contribution in [-0.2, 0) is 11.2 Å². The van der Waals surface area contributed by atoms with E-state index in [1.807, 2.05) is 0 Å². The van der Waals surface area contributed by atoms with E-state index in [1.54, 1.807) is 5.32 Å². The summed E-state index contributed by atoms with van der Waals surface area (Å²) >= 11 is 1.08. The molecule has 0 radical (unpaired) electrons. The summed E-state index contributed by atoms with van der Waals surface area (Å²) in [6.45, 7) is -1.41. The second kappa shape index (κ2) is 6.39. The number of carbonyl (C=O) groups is 1. The fraction of sp³-hybridized carbons (Fsp3) is 0.231. The number of amides is 1. The second-order valence-corrected chi connectivity index (χ2v) is 5.20. The van der Waals surface area contributed by atoms with Gasteiger partial charge in [-0.15, -0.1) is 11.3 Å². The van der Waals surface area contributed by atoms with Crippen LogP contribution in [0.15, 0.2) is 23.6 Å². The van der Waals surface area contributed by atoms with Gasteiger partial charge in [-0.2, -0.15) is 13.2 Å². The van der Waals surface area contributed by atoms with Gasteiger partial charge in [0.1, 0.15) is 11.6 Å². The van der Waals surface area contributed by atoms with Gasteiger partial charge in [-0.25, -0.2) is 13.8 Å². The van der Waals surface area contributed by atoms with Crippen LogP contribution >= 0.6 is 11.3 Å². The topological polar surface area (TPSA) is 42.0 Å². The summed E-state index contributed by atoms with van der Waals surface area (Å²) in [7, 11) is 0. The molecule has 1 aromatic heterocycles. The van der Waals surface area contributed by atoms with Gasteiger partial charge in [0.2, 0.25) is 5.91 Å². The van der Waals surface area contributed by atoms with E-state index in [0.29, 0.717) is 10.6 Å². The van der Waals surface area contributed by atoms with E-state index < -0.39 is 30.3 Å². The van der Waals surface area contributed by atoms with E-state index in [1.165, 1.54) is 11.4 Å². The summed E-state index contributed by atoms with van der Waals surface area (Å²) in [6, 6.07) is 3.23. The van der Waals surface area contributed by atoms with Crippen molar-refractivity contribution in [1.29, 1.82) is 0 Å². The predicted octanol–water partition coefficient (Wildman–Crippen LogP) is 3.31. The van der Waals surface area contributed by atoms with E-state index in [-0.39, 0.29) is 12.1 Å². The highest BCUT2D eigenvalue weighted by molar-refractivity contribution is 7.13. The molecule has 9 heteroatoms. The first-order valence-electron chi connectivity index (χ1n) is 5.98. The van der Waals surface area contributed by atoms with Gasteiger partial charge in [0, 0.05) is 10.9 Å². The number of thiazole rings is 1. The number of alkyl halides is 3. The van der Waals surface area contributed by atoms with Gasteiger partial charge in [0.15, 0.2) is 11.6 Å². The Morgan fingerprint density at radius 2 is 1.95 bits per heavy atom. The Labute approximate surface area is 125 Å². The molecule has 1 heterocycles. The van der Waals surface area contributed by atoms with Gasteiger partial charge in [-0.05, 0) is 18.2 Å². The van der Waals surface area contributed by atoms with Gasteiger partial charge >= 0.3 is 6.18 Å². The van der Waals surface area contributed by atoms with Crippen LogP contribution in [0.1, 0.15) is 5.69 Å². The fourth-order valence-corrected chi connectivity index (χ4v) is 2.39. The standard InChI is InChI=1S/C13H9F5N2OS/c14-9-2-1-7(3-10(9)15)12-20-8(5-22-12)4-11(21)19-6-13(16,17)18/h1-3,5H,4,6H2,(H,19,21). The Bertz CT molecular complexity index is 683. The predicted molar refractivity (Wildman–Crippen MR) is 70.2 cm³/mol. The van der Waals surface area contributed by atoms with Gasteiger partial charge < -0.3 is 5.32 Å². The van der Waals surface area contributed by atoms with Crippen LogP contribution in [0.2, 0.25) is 0 Å². The van der Waals surface area contributed by atoms with Gasteiger partial charge in [0.25, 0.3) is 0 Å². The van der Waals surface area contributed by atoms with Crippen LogP contribution in [0.5, 0.6) is 0 Å². The number of halogens is 5. The molecular weight excluding hydrogens is 327 g/mol. The maximum Gasteiger partial charge on any atom is 0.405 e. The van der Waals surface area contributed by atoms with E-state index in [4.69, 9.17) is 0 Å². The smallest absolute Gasteiger partial charge is 0.347 e. The minimum Gasteiger partial charge on any atom is -0.347 e. The summed E-state index contributed by atoms with van der Waals surface area (Å²) in [5, 5.41) is 3.55. The molecule has 0 atom stereocenters. The number of nitrogens with zero attached hydrogens (tertiary/aromatic N) is 1. The molecule has 2 aromatic rings. The highest BCUT2D eigenvalue weighted by Gasteiger charge is 2.27. The van der Waals surface area contributed by atoms with Crippen molar-refractivity contribution in [2.24, 2.45) is 0 Å². The third-order valence-corrected chi connectivity index (χ3v) is 3.49. The van der Waals surface area contributed by atoms with Crippen LogP contribution in [0, 0.1) is 11.6 Å². The van der Waals surface area contributed by atoms with Crippen molar-refractivity contribution in [2.45, 2.75) is 12.6 Å². The third-order valence-electron chi connectivity index (χ3n) is 2.55. The Morgan fingerprint density at radius 3 is 2.59 bits per heavy atom. The third kappa shape index (κ3) is 4.48. The number of hydrogen-bond acceptors (Lipinski definition) is 3. The largest absolute Gasteiger partial charge is 0.405 e. The van der Waals surface area contributed by atoms with Crippen LogP contribution in [0.25, 0.3) is 10.6 Å². The molecule has 0 unspecified atom stereocenters. The molecule has 0 aliphatic carbocycles. The van der Waals surface area contributed by atoms with Gasteiger partial charge in [-0.3, -0.25) is 4.79 Å². The molecule has 0 aliphatic rings. The van der Waals surface area contributed by atoms with Crippen molar-refractivity contribution in [3.05, 3.63) is 40.9 Å². The molecule has 3 nitrogen and oxygen atoms in total. The molecule has 22 heavy (non-hydrogen) atoms. The van der Waals surface area contributed by atoms with Crippen LogP contribution in [0.4, 0.5) is 22.0 Å². The summed E-state index contributed by atoms with van der Waals surface area (Å²) in [6.07, 6.45) is -4.80. The first-order valence-corrected chi connectivity index (χ1v) is 6.86. The molecule has 2 rings (SSSR count). The quantitative estimate of drug-likeness (QED) is 0.871. The highest BCUT2D eigenvalue weighted by Crippen LogP contribution is 2.25. The molecule has 1 N–H and O–H groups in total. The lowest BCUT2D eigenvalue weighted by atomic mass is 10.2. The maximum absolute atomic E-state index is 13.1. The summed E-state index contributed by atoms with van der Waals surface area (Å²) in [5.41, 5.74) is 0.579. The number of hydrogen-bond donors (Lipinski definition) is 1. The minimum absolute atomic E-state index is 0.254. The van der Waals surface area contributed by atoms with Crippen molar-refractivity contribution >= 4 is 17.2 Å². The maximum atomic E-state index is 13.1. The molecule has 0 bridgehead atoms. The minimum atomic E-state index is -4.48. The Morgan fingerprint density at radius 1 is 1.23 bits per heavy atom. The summed E-state index contributed by atoms with van der Waals surface area (Å²) < 4.78 is 61.8. The van der Waals surface area contributed by atoms with Crippen LogP contribution < -0.4 is 5.32 Å². The van der Waals surface area contributed by atoms with Crippen LogP contribution in [0.3, 0.4) is 0 Å². The molecular formula is C13H9F5N2OS. The lowest BCUT2D eigenvalue weighted by Crippen LogP contribution is -2.34. The lowest BCUT2D eigenvalue weighted by Gasteiger charge is -2.07. The Kier molecular flexibility index (Phi) is 4.74. The Hall–Kier alpha value is -2.03. The van der Waals surface area contributed by atoms with E-state index in [2.05, 4.69) is 4.98 Å². The van der Waals surface area contributed by atoms with E-state index in [0.717, 1.165) is 23.5 Å². The van der Waals surface area contributed by atoms with Crippen molar-refractivity contribution in [3.8, 4) is 10.6 Å². The van der Waals surface area contributed by atoms with Crippen molar-refractivity contribution in [2.75, 3.05) is 6.54 Å². The highest BCUT2D eigenvalue weighted by atomic mass is 32.1. The molecule has 1 aromatic carbocycles. The first kappa shape index (κ1) is 16.3. The average Bonchev–Trinajstić information content (AvgIpc) is 2.87. The first-order chi connectivity index (χ1) is 10.2. The van der Waals surface area contributed by atoms with Crippen molar-refractivity contribution < 1.29 is 26.7 Å². The Balaban J connectivity index is 2.02. The average molecular weight is 336 g/mol. The number of nitrogens with one attached hydrogen (secondary N) is 1. The number of carbonyl (C=O) groups excluding carboxylic acids is 1. The SMILES string of the molecule is O=C(Cc1csc(-c2ccc(F)c(F)c2)n1)NCC(F)(F)F. The molecule has 0 fully saturated rings. The molecule has 0 spiro atoms.